The van der Waals surface area contributed by atoms with E-state index in [4.69, 9.17) is 0 Å². The number of para-hydroxylation sites is 2. The van der Waals surface area contributed by atoms with Gasteiger partial charge in [-0.25, -0.2) is 0 Å². The van der Waals surface area contributed by atoms with E-state index in [1.54, 1.807) is 0 Å². The Bertz CT molecular complexity index is 5250. The average Bonchev–Trinajstić information content (AvgIpc) is 0.769. The van der Waals surface area contributed by atoms with E-state index in [1.165, 1.54) is 78.9 Å². The van der Waals surface area contributed by atoms with Gasteiger partial charge in [-0.05, 0) is 0 Å². The van der Waals surface area contributed by atoms with E-state index in [2.05, 4.69) is 320 Å². The fraction of sp³-hybridized carbons (Fsp3) is 0.227. The Morgan fingerprint density at radius 2 is 0.837 bits per heavy atom. The van der Waals surface area contributed by atoms with Crippen molar-refractivity contribution in [2.24, 2.45) is 0 Å². The Kier molecular flexibility index (Phi) is 13.0. The second-order valence-corrected chi connectivity index (χ2v) is 34.3. The predicted molar refractivity (Wildman–Crippen MR) is 402 cm³/mol. The molecule has 0 fully saturated rings. The van der Waals surface area contributed by atoms with Gasteiger partial charge in [-0.1, -0.05) is 0 Å². The van der Waals surface area contributed by atoms with E-state index >= 15 is 0 Å². The van der Waals surface area contributed by atoms with E-state index in [1.807, 2.05) is 0 Å². The van der Waals surface area contributed by atoms with Gasteiger partial charge in [-0.2, -0.15) is 0 Å². The van der Waals surface area contributed by atoms with Crippen molar-refractivity contribution in [1.82, 2.24) is 4.57 Å². The maximum atomic E-state index is 9.96. The van der Waals surface area contributed by atoms with Gasteiger partial charge in [0.05, 0.1) is 0 Å². The van der Waals surface area contributed by atoms with Gasteiger partial charge in [0, 0.05) is 0 Å². The van der Waals surface area contributed by atoms with Crippen LogP contribution in [0, 0.1) is 0 Å². The van der Waals surface area contributed by atoms with Gasteiger partial charge in [0.15, 0.2) is 0 Å². The summed E-state index contributed by atoms with van der Waals surface area (Å²) in [5.74, 6) is 0. The molecule has 15 rings (SSSR count). The Morgan fingerprint density at radius 1 is 0.348 bits per heavy atom. The molecule has 12 aromatic carbocycles. The minimum absolute atomic E-state index is 0.0286. The SMILES string of the molecule is [2H]c1c([2H])c([2H])c2c(c1[2H])c1cc(C(C)(C)C)ccc1n2-c1cc2c3c(c1)N(c1c(-c4cccc5ccccc45)cccc1-c1cccc4ccccc14)c1ccc(-c4cc(C(C)(C)C)cc(C(C)(C)C)c4)cc1B3c1cc(-c3cc(C(C)(C)C)cc(C(C)(C)C)c3)ccc1[Te]2. The van der Waals surface area contributed by atoms with E-state index in [-0.39, 0.29) is 58.0 Å². The molecule has 0 atom stereocenters. The van der Waals surface area contributed by atoms with Crippen LogP contribution in [0.5, 0.6) is 0 Å². The zero-order valence-corrected chi connectivity index (χ0v) is 58.3. The van der Waals surface area contributed by atoms with Crippen LogP contribution in [0.25, 0.3) is 93.5 Å². The quantitative estimate of drug-likeness (QED) is 0.151. The molecule has 0 spiro atoms. The van der Waals surface area contributed by atoms with Crippen LogP contribution in [-0.2, 0) is 27.1 Å². The molecule has 2 aliphatic rings. The van der Waals surface area contributed by atoms with Crippen molar-refractivity contribution < 1.29 is 5.48 Å². The number of rotatable bonds is 6. The molecule has 0 unspecified atom stereocenters. The fourth-order valence-electron chi connectivity index (χ4n) is 14.4. The Morgan fingerprint density at radius 3 is 1.39 bits per heavy atom. The van der Waals surface area contributed by atoms with Gasteiger partial charge < -0.3 is 0 Å². The van der Waals surface area contributed by atoms with Crippen molar-refractivity contribution in [3.8, 4) is 50.2 Å². The number of hydrogen-bond donors (Lipinski definition) is 0. The van der Waals surface area contributed by atoms with Crippen molar-refractivity contribution in [1.29, 1.82) is 0 Å². The number of anilines is 3. The molecular weight excluding hydrogens is 1220 g/mol. The van der Waals surface area contributed by atoms with Gasteiger partial charge in [0.25, 0.3) is 0 Å². The number of hydrogen-bond acceptors (Lipinski definition) is 1. The van der Waals surface area contributed by atoms with Crippen LogP contribution in [0.1, 0.15) is 137 Å². The van der Waals surface area contributed by atoms with Crippen molar-refractivity contribution >= 4 is 112 Å². The van der Waals surface area contributed by atoms with Crippen LogP contribution in [0.4, 0.5) is 17.1 Å². The second-order valence-electron chi connectivity index (χ2n) is 31.2. The topological polar surface area (TPSA) is 8.17 Å². The summed E-state index contributed by atoms with van der Waals surface area (Å²) in [6, 6.07) is 78.1. The number of nitrogens with zero attached hydrogens (tertiary/aromatic N) is 2. The van der Waals surface area contributed by atoms with Gasteiger partial charge in [0.2, 0.25) is 0 Å². The zero-order chi connectivity index (χ0) is 67.6. The third-order valence-corrected chi connectivity index (χ3v) is 23.0. The van der Waals surface area contributed by atoms with Crippen molar-refractivity contribution in [2.75, 3.05) is 4.90 Å². The molecule has 0 saturated carbocycles. The summed E-state index contributed by atoms with van der Waals surface area (Å²) < 4.78 is 43.1. The van der Waals surface area contributed by atoms with Gasteiger partial charge in [-0.15, -0.1) is 0 Å². The Labute approximate surface area is 562 Å². The molecule has 0 saturated heterocycles. The van der Waals surface area contributed by atoms with Crippen molar-refractivity contribution in [3.05, 3.63) is 258 Å². The first-order valence-corrected chi connectivity index (χ1v) is 35.2. The molecule has 0 aliphatic carbocycles. The summed E-state index contributed by atoms with van der Waals surface area (Å²) >= 11 is -1.20. The standard InChI is InChI=1S/C88H83BN2Te/c1-84(2,3)60-39-41-77-73(51-60)70-31-20-21-36-76(70)90(77)65-52-79-82-81(53-65)92-80-42-38-57(59-45-63(87(10,11)12)50-64(46-59)88(13,14)15)48-75(80)89(82)74-47-56(58-43-61(85(4,5)6)49-62(44-58)86(7,8)9)37-40-78(74)91(79)83-71(68-32-22-27-54-25-16-18-29-66(54)68)34-24-35-72(83)69-33-23-28-55-26-17-19-30-67(55)69/h16-53H,1-15H3/i20D,21D,31D,36D. The van der Waals surface area contributed by atoms with Crippen molar-refractivity contribution in [2.45, 2.75) is 131 Å². The number of fused-ring (bicyclic) bond motifs is 9. The van der Waals surface area contributed by atoms with Crippen LogP contribution < -0.4 is 28.5 Å². The summed E-state index contributed by atoms with van der Waals surface area (Å²) in [6.07, 6.45) is 0. The summed E-state index contributed by atoms with van der Waals surface area (Å²) in [7, 11) is 0. The predicted octanol–water partition coefficient (Wildman–Crippen LogP) is 20.5. The van der Waals surface area contributed by atoms with E-state index in [9.17, 15) is 5.48 Å². The third kappa shape index (κ3) is 10.2. The van der Waals surface area contributed by atoms with E-state index in [0.717, 1.165) is 72.2 Å². The van der Waals surface area contributed by atoms with Crippen LogP contribution in [0.3, 0.4) is 0 Å². The van der Waals surface area contributed by atoms with Crippen LogP contribution in [-0.4, -0.2) is 32.2 Å². The average molecular weight is 1310 g/mol. The normalized spacial score (nSPS) is 14.1. The molecule has 92 heavy (non-hydrogen) atoms. The molecule has 0 bridgehead atoms. The summed E-state index contributed by atoms with van der Waals surface area (Å²) in [6.45, 7) is 34.4. The van der Waals surface area contributed by atoms with Crippen LogP contribution in [0.15, 0.2) is 230 Å². The summed E-state index contributed by atoms with van der Waals surface area (Å²) in [5.41, 5.74) is 24.3. The molecule has 13 aromatic rings. The first-order chi connectivity index (χ1) is 45.4. The van der Waals surface area contributed by atoms with Gasteiger partial charge in [-0.3, -0.25) is 0 Å². The van der Waals surface area contributed by atoms with Crippen LogP contribution >= 0.6 is 0 Å². The molecule has 3 heterocycles. The molecule has 454 valence electrons. The molecule has 0 N–H and O–H groups in total. The third-order valence-electron chi connectivity index (χ3n) is 19.7. The molecule has 4 heteroatoms. The van der Waals surface area contributed by atoms with E-state index < -0.39 is 20.9 Å². The molecule has 2 nitrogen and oxygen atoms in total. The minimum atomic E-state index is -1.20. The van der Waals surface area contributed by atoms with Gasteiger partial charge >= 0.3 is 566 Å². The fourth-order valence-corrected chi connectivity index (χ4v) is 17.8. The molecule has 1 aromatic heterocycles. The first-order valence-electron chi connectivity index (χ1n) is 34.8. The summed E-state index contributed by atoms with van der Waals surface area (Å²) in [5, 5.41) is 6.01. The maximum absolute atomic E-state index is 9.96. The number of aromatic nitrogens is 1. The second kappa shape index (κ2) is 21.6. The first kappa shape index (κ1) is 55.3. The molecule has 2 aliphatic heterocycles. The molecular formula is C88H83BN2Te. The van der Waals surface area contributed by atoms with Gasteiger partial charge in [0.1, 0.15) is 0 Å². The van der Waals surface area contributed by atoms with E-state index in [0.29, 0.717) is 10.9 Å². The summed E-state index contributed by atoms with van der Waals surface area (Å²) in [4.78, 5) is 2.63. The molecule has 0 radical (unpaired) electrons. The zero-order valence-electron chi connectivity index (χ0n) is 60.0. The van der Waals surface area contributed by atoms with Crippen molar-refractivity contribution in [3.63, 3.8) is 0 Å². The Hall–Kier alpha value is -8.39. The van der Waals surface area contributed by atoms with Crippen LogP contribution in [0.2, 0.25) is 0 Å². The molecule has 0 amide bonds. The number of benzene rings is 12. The Balaban J connectivity index is 1.12. The monoisotopic (exact) mass is 1310 g/mol.